The fraction of sp³-hybridized carbons (Fsp3) is 0.769. The molecule has 16 heavy (non-hydrogen) atoms. The minimum atomic E-state index is 0.327. The van der Waals surface area contributed by atoms with Crippen molar-refractivity contribution in [3.05, 3.63) is 11.8 Å². The van der Waals surface area contributed by atoms with Gasteiger partial charge < -0.3 is 10.6 Å². The highest BCUT2D eigenvalue weighted by Gasteiger charge is 2.11. The second-order valence-electron chi connectivity index (χ2n) is 4.04. The van der Waals surface area contributed by atoms with E-state index in [9.17, 15) is 0 Å². The predicted molar refractivity (Wildman–Crippen MR) is 71.7 cm³/mol. The molecule has 0 aromatic rings. The highest BCUT2D eigenvalue weighted by molar-refractivity contribution is 5.82. The Morgan fingerprint density at radius 2 is 1.94 bits per heavy atom. The van der Waals surface area contributed by atoms with Gasteiger partial charge in [-0.15, -0.1) is 0 Å². The van der Waals surface area contributed by atoms with Gasteiger partial charge in [-0.3, -0.25) is 5.41 Å². The maximum atomic E-state index is 7.90. The minimum absolute atomic E-state index is 0.327. The summed E-state index contributed by atoms with van der Waals surface area (Å²) in [7, 11) is 0. The van der Waals surface area contributed by atoms with Crippen LogP contribution in [0.2, 0.25) is 0 Å². The molecule has 0 atom stereocenters. The third-order valence-electron chi connectivity index (χ3n) is 2.69. The van der Waals surface area contributed by atoms with E-state index in [0.29, 0.717) is 12.4 Å². The average Bonchev–Trinajstić information content (AvgIpc) is 2.31. The lowest BCUT2D eigenvalue weighted by Gasteiger charge is -2.27. The van der Waals surface area contributed by atoms with Crippen molar-refractivity contribution in [2.24, 2.45) is 5.73 Å². The molecule has 3 heteroatoms. The van der Waals surface area contributed by atoms with Crippen LogP contribution >= 0.6 is 0 Å². The number of nitrogens with zero attached hydrogens (tertiary/aromatic N) is 1. The third kappa shape index (κ3) is 5.31. The number of nitrogens with two attached hydrogens (primary N) is 1. The Hall–Kier alpha value is -0.830. The summed E-state index contributed by atoms with van der Waals surface area (Å²) < 4.78 is 0. The molecule has 0 aliphatic heterocycles. The highest BCUT2D eigenvalue weighted by Crippen LogP contribution is 2.13. The molecule has 0 unspecified atom stereocenters. The number of hydrogen-bond donors (Lipinski definition) is 2. The van der Waals surface area contributed by atoms with E-state index in [4.69, 9.17) is 11.1 Å². The van der Waals surface area contributed by atoms with E-state index in [0.717, 1.165) is 25.8 Å². The molecule has 0 aliphatic carbocycles. The summed E-state index contributed by atoms with van der Waals surface area (Å²) in [6, 6.07) is 0. The normalized spacial score (nSPS) is 11.6. The second kappa shape index (κ2) is 9.40. The van der Waals surface area contributed by atoms with Gasteiger partial charge in [-0.2, -0.15) is 0 Å². The molecule has 0 aromatic carbocycles. The Morgan fingerprint density at radius 3 is 2.38 bits per heavy atom. The van der Waals surface area contributed by atoms with E-state index in [1.54, 1.807) is 0 Å². The zero-order chi connectivity index (χ0) is 12.4. The summed E-state index contributed by atoms with van der Waals surface area (Å²) in [6.07, 6.45) is 7.83. The summed E-state index contributed by atoms with van der Waals surface area (Å²) in [4.78, 5) is 2.08. The fourth-order valence-corrected chi connectivity index (χ4v) is 1.77. The molecule has 0 saturated carbocycles. The number of amidine groups is 1. The molecule has 0 rings (SSSR count). The zero-order valence-electron chi connectivity index (χ0n) is 11.1. The quantitative estimate of drug-likeness (QED) is 0.379. The molecule has 0 aliphatic rings. The maximum absolute atomic E-state index is 7.90. The Balaban J connectivity index is 4.45. The van der Waals surface area contributed by atoms with Crippen LogP contribution in [0.4, 0.5) is 0 Å². The molecule has 3 nitrogen and oxygen atoms in total. The molecule has 0 spiro atoms. The Morgan fingerprint density at radius 1 is 1.25 bits per heavy atom. The predicted octanol–water partition coefficient (Wildman–Crippen LogP) is 3.12. The number of allylic oxidation sites excluding steroid dienone is 2. The highest BCUT2D eigenvalue weighted by atomic mass is 15.2. The molecule has 0 radical (unpaired) electrons. The van der Waals surface area contributed by atoms with Gasteiger partial charge in [0.2, 0.25) is 0 Å². The summed E-state index contributed by atoms with van der Waals surface area (Å²) in [5, 5.41) is 7.90. The first kappa shape index (κ1) is 15.2. The molecule has 94 valence electrons. The average molecular weight is 225 g/mol. The van der Waals surface area contributed by atoms with Gasteiger partial charge in [-0.05, 0) is 19.8 Å². The van der Waals surface area contributed by atoms with E-state index in [2.05, 4.69) is 24.8 Å². The van der Waals surface area contributed by atoms with E-state index < -0.39 is 0 Å². The Kier molecular flexibility index (Phi) is 8.91. The molecule has 0 aromatic heterocycles. The van der Waals surface area contributed by atoms with Crippen LogP contribution in [0.1, 0.15) is 52.9 Å². The lowest BCUT2D eigenvalue weighted by molar-refractivity contribution is 0.454. The fourth-order valence-electron chi connectivity index (χ4n) is 1.77. The summed E-state index contributed by atoms with van der Waals surface area (Å²) in [5.41, 5.74) is 6.82. The van der Waals surface area contributed by atoms with Crippen molar-refractivity contribution in [1.82, 2.24) is 4.90 Å². The molecule has 0 bridgehead atoms. The summed E-state index contributed by atoms with van der Waals surface area (Å²) in [5.74, 6) is 0.539. The number of nitrogens with one attached hydrogen (secondary N) is 1. The molecular weight excluding hydrogens is 198 g/mol. The smallest absolute Gasteiger partial charge is 0.114 e. The Bertz CT molecular complexity index is 221. The van der Waals surface area contributed by atoms with Crippen LogP contribution < -0.4 is 5.73 Å². The maximum Gasteiger partial charge on any atom is 0.114 e. The number of hydrogen-bond acceptors (Lipinski definition) is 2. The summed E-state index contributed by atoms with van der Waals surface area (Å²) >= 11 is 0. The van der Waals surface area contributed by atoms with E-state index in [1.807, 2.05) is 6.92 Å². The van der Waals surface area contributed by atoms with Crippen LogP contribution in [0.25, 0.3) is 0 Å². The lowest BCUT2D eigenvalue weighted by atomic mass is 10.2. The van der Waals surface area contributed by atoms with Gasteiger partial charge in [0.05, 0.1) is 6.54 Å². The Labute approximate surface area is 100 Å². The second-order valence-corrected chi connectivity index (χ2v) is 4.04. The van der Waals surface area contributed by atoms with Gasteiger partial charge in [0.25, 0.3) is 0 Å². The van der Waals surface area contributed by atoms with E-state index >= 15 is 0 Å². The van der Waals surface area contributed by atoms with Crippen molar-refractivity contribution < 1.29 is 0 Å². The number of unbranched alkanes of at least 4 members (excludes halogenated alkanes) is 2. The number of rotatable bonds is 8. The van der Waals surface area contributed by atoms with Gasteiger partial charge in [-0.25, -0.2) is 0 Å². The van der Waals surface area contributed by atoms with Crippen molar-refractivity contribution in [3.63, 3.8) is 0 Å². The molecule has 0 heterocycles. The lowest BCUT2D eigenvalue weighted by Crippen LogP contribution is -2.35. The van der Waals surface area contributed by atoms with Gasteiger partial charge in [-0.1, -0.05) is 39.2 Å². The van der Waals surface area contributed by atoms with Crippen LogP contribution in [0, 0.1) is 5.41 Å². The first-order valence-electron chi connectivity index (χ1n) is 6.41. The van der Waals surface area contributed by atoms with Crippen LogP contribution in [-0.4, -0.2) is 23.8 Å². The third-order valence-corrected chi connectivity index (χ3v) is 2.69. The van der Waals surface area contributed by atoms with E-state index in [1.165, 1.54) is 18.5 Å². The zero-order valence-corrected chi connectivity index (χ0v) is 11.1. The molecule has 0 fully saturated rings. The van der Waals surface area contributed by atoms with Gasteiger partial charge >= 0.3 is 0 Å². The molecule has 0 saturated heterocycles. The minimum Gasteiger partial charge on any atom is -0.333 e. The largest absolute Gasteiger partial charge is 0.333 e. The summed E-state index contributed by atoms with van der Waals surface area (Å²) in [6.45, 7) is 7.67. The van der Waals surface area contributed by atoms with Gasteiger partial charge in [0.1, 0.15) is 5.84 Å². The van der Waals surface area contributed by atoms with Crippen molar-refractivity contribution >= 4 is 5.84 Å². The van der Waals surface area contributed by atoms with Crippen molar-refractivity contribution in [2.45, 2.75) is 52.9 Å². The molecule has 0 amide bonds. The molecular formula is C13H27N3. The monoisotopic (exact) mass is 225 g/mol. The van der Waals surface area contributed by atoms with Gasteiger partial charge in [0, 0.05) is 12.2 Å². The van der Waals surface area contributed by atoms with Crippen LogP contribution in [0.5, 0.6) is 0 Å². The van der Waals surface area contributed by atoms with Crippen molar-refractivity contribution in [1.29, 1.82) is 5.41 Å². The van der Waals surface area contributed by atoms with Crippen molar-refractivity contribution in [2.75, 3.05) is 13.1 Å². The standard InChI is InChI=1S/C13H27N3/c1-4-7-8-10-16(13(15)11-14)12(6-3)9-5-2/h6,15H,4-5,7-11,14H2,1-3H3. The first-order valence-corrected chi connectivity index (χ1v) is 6.41. The van der Waals surface area contributed by atoms with Crippen LogP contribution in [0.3, 0.4) is 0 Å². The topological polar surface area (TPSA) is 53.1 Å². The SMILES string of the molecule is CC=C(CCC)N(CCCCC)C(=N)CN. The molecule has 3 N–H and O–H groups in total. The van der Waals surface area contributed by atoms with Crippen LogP contribution in [0.15, 0.2) is 11.8 Å². The van der Waals surface area contributed by atoms with Crippen LogP contribution in [-0.2, 0) is 0 Å². The van der Waals surface area contributed by atoms with Crippen molar-refractivity contribution in [3.8, 4) is 0 Å². The van der Waals surface area contributed by atoms with E-state index in [-0.39, 0.29) is 0 Å². The van der Waals surface area contributed by atoms with Gasteiger partial charge in [0.15, 0.2) is 0 Å². The first-order chi connectivity index (χ1) is 7.71.